The molecule has 1 aromatic rings. The fourth-order valence-corrected chi connectivity index (χ4v) is 2.08. The number of aromatic nitrogens is 2. The van der Waals surface area contributed by atoms with Crippen LogP contribution in [0.25, 0.3) is 0 Å². The lowest BCUT2D eigenvalue weighted by molar-refractivity contribution is -0.147. The number of rotatable bonds is 5. The molecule has 1 rings (SSSR count). The molecule has 0 aromatic carbocycles. The molecule has 0 saturated carbocycles. The average molecular weight is 267 g/mol. The van der Waals surface area contributed by atoms with E-state index in [1.165, 1.54) is 7.11 Å². The number of methoxy groups -OCH3 is 1. The molecule has 1 unspecified atom stereocenters. The Morgan fingerprint density at radius 3 is 2.58 bits per heavy atom. The van der Waals surface area contributed by atoms with Crippen molar-refractivity contribution < 1.29 is 14.3 Å². The Labute approximate surface area is 113 Å². The number of aryl methyl sites for hydroxylation is 2. The first-order valence-corrected chi connectivity index (χ1v) is 6.25. The van der Waals surface area contributed by atoms with Gasteiger partial charge in [0.2, 0.25) is 0 Å². The predicted octanol–water partition coefficient (Wildman–Crippen LogP) is 1.19. The summed E-state index contributed by atoms with van der Waals surface area (Å²) in [5.74, 6) is -0.754. The number of hydrogen-bond donors (Lipinski definition) is 1. The van der Waals surface area contributed by atoms with Gasteiger partial charge in [-0.1, -0.05) is 13.3 Å². The lowest BCUT2D eigenvalue weighted by Gasteiger charge is -2.27. The molecular weight excluding hydrogens is 246 g/mol. The maximum Gasteiger partial charge on any atom is 0.331 e. The largest absolute Gasteiger partial charge is 0.467 e. The Morgan fingerprint density at radius 2 is 2.16 bits per heavy atom. The molecule has 0 saturated heterocycles. The van der Waals surface area contributed by atoms with Crippen molar-refractivity contribution in [1.82, 2.24) is 15.1 Å². The molecule has 0 radical (unpaired) electrons. The Bertz CT molecular complexity index is 481. The zero-order valence-electron chi connectivity index (χ0n) is 12.1. The number of nitrogens with one attached hydrogen (secondary N) is 1. The number of nitrogens with zero attached hydrogens (tertiary/aromatic N) is 2. The van der Waals surface area contributed by atoms with E-state index in [2.05, 4.69) is 10.4 Å². The van der Waals surface area contributed by atoms with E-state index in [0.29, 0.717) is 17.7 Å². The third kappa shape index (κ3) is 3.33. The summed E-state index contributed by atoms with van der Waals surface area (Å²) in [6.45, 7) is 5.37. The maximum absolute atomic E-state index is 12.2. The van der Waals surface area contributed by atoms with Crippen molar-refractivity contribution in [2.45, 2.75) is 39.2 Å². The molecule has 1 atom stereocenters. The summed E-state index contributed by atoms with van der Waals surface area (Å²) in [6, 6.07) is 0. The molecule has 106 valence electrons. The Kier molecular flexibility index (Phi) is 4.69. The van der Waals surface area contributed by atoms with Crippen molar-refractivity contribution >= 4 is 11.9 Å². The Balaban J connectivity index is 2.94. The third-order valence-electron chi connectivity index (χ3n) is 3.03. The first-order chi connectivity index (χ1) is 8.84. The van der Waals surface area contributed by atoms with E-state index in [1.807, 2.05) is 6.92 Å². The van der Waals surface area contributed by atoms with Crippen LogP contribution in [0.1, 0.15) is 42.7 Å². The van der Waals surface area contributed by atoms with Crippen LogP contribution in [0, 0.1) is 6.92 Å². The summed E-state index contributed by atoms with van der Waals surface area (Å²) in [7, 11) is 3.06. The average Bonchev–Trinajstić information content (AvgIpc) is 2.67. The van der Waals surface area contributed by atoms with Crippen molar-refractivity contribution in [2.75, 3.05) is 7.11 Å². The van der Waals surface area contributed by atoms with Gasteiger partial charge in [0.05, 0.1) is 18.4 Å². The molecule has 0 aliphatic carbocycles. The zero-order chi connectivity index (χ0) is 14.6. The van der Waals surface area contributed by atoms with Crippen LogP contribution in [-0.2, 0) is 16.6 Å². The minimum atomic E-state index is -1.01. The lowest BCUT2D eigenvalue weighted by atomic mass is 9.95. The third-order valence-corrected chi connectivity index (χ3v) is 3.03. The smallest absolute Gasteiger partial charge is 0.331 e. The molecule has 1 N–H and O–H groups in total. The van der Waals surface area contributed by atoms with E-state index in [9.17, 15) is 9.59 Å². The van der Waals surface area contributed by atoms with Gasteiger partial charge in [0.15, 0.2) is 0 Å². The summed E-state index contributed by atoms with van der Waals surface area (Å²) in [5, 5.41) is 6.86. The number of carbonyl (C=O) groups excluding carboxylic acids is 2. The SMILES string of the molecule is CCCC(C)(NC(=O)c1cn(C)nc1C)C(=O)OC. The monoisotopic (exact) mass is 267 g/mol. The van der Waals surface area contributed by atoms with E-state index < -0.39 is 11.5 Å². The molecule has 6 heteroatoms. The van der Waals surface area contributed by atoms with E-state index in [1.54, 1.807) is 31.8 Å². The van der Waals surface area contributed by atoms with E-state index >= 15 is 0 Å². The minimum Gasteiger partial charge on any atom is -0.467 e. The quantitative estimate of drug-likeness (QED) is 0.813. The van der Waals surface area contributed by atoms with E-state index in [4.69, 9.17) is 4.74 Å². The molecule has 0 aliphatic heterocycles. The van der Waals surface area contributed by atoms with Crippen molar-refractivity contribution in [3.05, 3.63) is 17.5 Å². The summed E-state index contributed by atoms with van der Waals surface area (Å²) < 4.78 is 6.33. The fraction of sp³-hybridized carbons (Fsp3) is 0.615. The van der Waals surface area contributed by atoms with Crippen LogP contribution >= 0.6 is 0 Å². The van der Waals surface area contributed by atoms with Crippen molar-refractivity contribution in [3.8, 4) is 0 Å². The molecule has 0 bridgehead atoms. The first kappa shape index (κ1) is 15.2. The Hall–Kier alpha value is -1.85. The van der Waals surface area contributed by atoms with Gasteiger partial charge in [-0.15, -0.1) is 0 Å². The van der Waals surface area contributed by atoms with Gasteiger partial charge in [-0.25, -0.2) is 4.79 Å². The van der Waals surface area contributed by atoms with Gasteiger partial charge in [-0.2, -0.15) is 5.10 Å². The van der Waals surface area contributed by atoms with Crippen LogP contribution in [0.4, 0.5) is 0 Å². The topological polar surface area (TPSA) is 73.2 Å². The normalized spacial score (nSPS) is 13.7. The number of hydrogen-bond acceptors (Lipinski definition) is 4. The van der Waals surface area contributed by atoms with Crippen LogP contribution in [0.15, 0.2) is 6.20 Å². The van der Waals surface area contributed by atoms with Crippen LogP contribution in [-0.4, -0.2) is 34.3 Å². The highest BCUT2D eigenvalue weighted by Crippen LogP contribution is 2.16. The van der Waals surface area contributed by atoms with Crippen molar-refractivity contribution in [2.24, 2.45) is 7.05 Å². The highest BCUT2D eigenvalue weighted by atomic mass is 16.5. The van der Waals surface area contributed by atoms with Gasteiger partial charge >= 0.3 is 5.97 Å². The van der Waals surface area contributed by atoms with Crippen molar-refractivity contribution in [3.63, 3.8) is 0 Å². The van der Waals surface area contributed by atoms with Gasteiger partial charge in [-0.3, -0.25) is 9.48 Å². The van der Waals surface area contributed by atoms with Crippen LogP contribution in [0.3, 0.4) is 0 Å². The highest BCUT2D eigenvalue weighted by Gasteiger charge is 2.35. The standard InChI is InChI=1S/C13H21N3O3/c1-6-7-13(3,12(18)19-5)14-11(17)10-8-16(4)15-9(10)2/h8H,6-7H2,1-5H3,(H,14,17). The molecule has 0 aliphatic rings. The fourth-order valence-electron chi connectivity index (χ4n) is 2.08. The second-order valence-corrected chi connectivity index (χ2v) is 4.83. The van der Waals surface area contributed by atoms with Crippen LogP contribution in [0.2, 0.25) is 0 Å². The number of ether oxygens (including phenoxy) is 1. The summed E-state index contributed by atoms with van der Waals surface area (Å²) in [6.07, 6.45) is 2.91. The molecule has 1 amide bonds. The van der Waals surface area contributed by atoms with Gasteiger partial charge in [0.1, 0.15) is 5.54 Å². The summed E-state index contributed by atoms with van der Waals surface area (Å²) >= 11 is 0. The van der Waals surface area contributed by atoms with Gasteiger partial charge in [0, 0.05) is 13.2 Å². The molecule has 0 spiro atoms. The molecule has 0 fully saturated rings. The molecule has 1 heterocycles. The summed E-state index contributed by atoms with van der Waals surface area (Å²) in [5.41, 5.74) is 0.0838. The second-order valence-electron chi connectivity index (χ2n) is 4.83. The van der Waals surface area contributed by atoms with Gasteiger partial charge < -0.3 is 10.1 Å². The predicted molar refractivity (Wildman–Crippen MR) is 70.7 cm³/mol. The molecular formula is C13H21N3O3. The number of amides is 1. The number of carbonyl (C=O) groups is 2. The second kappa shape index (κ2) is 5.86. The van der Waals surface area contributed by atoms with Gasteiger partial charge in [0.25, 0.3) is 5.91 Å². The zero-order valence-corrected chi connectivity index (χ0v) is 12.1. The van der Waals surface area contributed by atoms with E-state index in [-0.39, 0.29) is 5.91 Å². The van der Waals surface area contributed by atoms with Gasteiger partial charge in [-0.05, 0) is 20.3 Å². The highest BCUT2D eigenvalue weighted by molar-refractivity contribution is 5.98. The minimum absolute atomic E-state index is 0.313. The number of esters is 1. The van der Waals surface area contributed by atoms with Crippen LogP contribution in [0.5, 0.6) is 0 Å². The summed E-state index contributed by atoms with van der Waals surface area (Å²) in [4.78, 5) is 24.0. The first-order valence-electron chi connectivity index (χ1n) is 6.25. The molecule has 1 aromatic heterocycles. The Morgan fingerprint density at radius 1 is 1.53 bits per heavy atom. The lowest BCUT2D eigenvalue weighted by Crippen LogP contribution is -2.52. The van der Waals surface area contributed by atoms with Crippen LogP contribution < -0.4 is 5.32 Å². The maximum atomic E-state index is 12.2. The molecule has 6 nitrogen and oxygen atoms in total. The van der Waals surface area contributed by atoms with Crippen molar-refractivity contribution in [1.29, 1.82) is 0 Å². The molecule has 19 heavy (non-hydrogen) atoms. The van der Waals surface area contributed by atoms with E-state index in [0.717, 1.165) is 6.42 Å².